The van der Waals surface area contributed by atoms with E-state index in [0.717, 1.165) is 86.0 Å². The number of likely N-dealkylation sites (tertiary alicyclic amines) is 1. The summed E-state index contributed by atoms with van der Waals surface area (Å²) < 4.78 is 35.5. The highest BCUT2D eigenvalue weighted by Crippen LogP contribution is 2.39. The summed E-state index contributed by atoms with van der Waals surface area (Å²) in [5.74, 6) is -0.209. The van der Waals surface area contributed by atoms with E-state index in [0.29, 0.717) is 70.6 Å². The second kappa shape index (κ2) is 23.2. The Bertz CT molecular complexity index is 1460. The van der Waals surface area contributed by atoms with Gasteiger partial charge in [-0.05, 0) is 87.0 Å². The van der Waals surface area contributed by atoms with E-state index in [1.54, 1.807) is 0 Å². The predicted octanol–water partition coefficient (Wildman–Crippen LogP) is 7.74. The van der Waals surface area contributed by atoms with E-state index in [2.05, 4.69) is 17.0 Å². The van der Waals surface area contributed by atoms with Crippen molar-refractivity contribution in [1.82, 2.24) is 4.90 Å². The molecule has 0 atom stereocenters. The SMILES string of the molecule is Cc1cc(C)c(/C(C(=O)O)=C(\OCc2ccccc2)C2CCC(OC3CCN(CCOCCOCCOCCOCC(=O)CC(C)(C)C)CC3)CC2)c(C)c1. The molecule has 55 heavy (non-hydrogen) atoms. The van der Waals surface area contributed by atoms with E-state index in [-0.39, 0.29) is 35.9 Å². The number of Topliss-reactive ketones (excluding diaryl/α,β-unsaturated/α-hetero) is 1. The maximum absolute atomic E-state index is 13.0. The van der Waals surface area contributed by atoms with E-state index < -0.39 is 5.97 Å². The van der Waals surface area contributed by atoms with Crippen LogP contribution in [0.4, 0.5) is 0 Å². The number of aryl methyl sites for hydroxylation is 3. The first-order valence-electron chi connectivity index (χ1n) is 20.3. The number of ether oxygens (including phenoxy) is 6. The molecule has 0 aromatic heterocycles. The molecule has 4 rings (SSSR count). The molecule has 0 unspecified atom stereocenters. The zero-order chi connectivity index (χ0) is 39.6. The summed E-state index contributed by atoms with van der Waals surface area (Å²) in [6.07, 6.45) is 6.38. The van der Waals surface area contributed by atoms with Crippen LogP contribution >= 0.6 is 0 Å². The fourth-order valence-electron chi connectivity index (χ4n) is 7.72. The Hall–Kier alpha value is -3.12. The van der Waals surface area contributed by atoms with Gasteiger partial charge in [-0.15, -0.1) is 0 Å². The average molecular weight is 766 g/mol. The third-order valence-corrected chi connectivity index (χ3v) is 10.2. The van der Waals surface area contributed by atoms with Gasteiger partial charge in [0.1, 0.15) is 24.5 Å². The van der Waals surface area contributed by atoms with Crippen molar-refractivity contribution < 1.29 is 43.1 Å². The minimum atomic E-state index is -0.941. The smallest absolute Gasteiger partial charge is 0.339 e. The van der Waals surface area contributed by atoms with Crippen molar-refractivity contribution in [1.29, 1.82) is 0 Å². The van der Waals surface area contributed by atoms with Crippen molar-refractivity contribution in [2.45, 2.75) is 105 Å². The number of hydrogen-bond acceptors (Lipinski definition) is 9. The number of hydrogen-bond donors (Lipinski definition) is 1. The molecule has 2 aromatic carbocycles. The van der Waals surface area contributed by atoms with Crippen LogP contribution in [0.25, 0.3) is 5.57 Å². The van der Waals surface area contributed by atoms with Crippen LogP contribution in [0.1, 0.15) is 93.5 Å². The first-order valence-corrected chi connectivity index (χ1v) is 20.3. The van der Waals surface area contributed by atoms with Gasteiger partial charge in [-0.3, -0.25) is 4.79 Å². The van der Waals surface area contributed by atoms with E-state index in [1.807, 2.05) is 71.9 Å². The third-order valence-electron chi connectivity index (χ3n) is 10.2. The Labute approximate surface area is 329 Å². The summed E-state index contributed by atoms with van der Waals surface area (Å²) in [4.78, 5) is 27.2. The van der Waals surface area contributed by atoms with Crippen LogP contribution < -0.4 is 0 Å². The first kappa shape index (κ1) is 44.6. The highest BCUT2D eigenvalue weighted by molar-refractivity contribution is 6.17. The Morgan fingerprint density at radius 3 is 1.85 bits per heavy atom. The van der Waals surface area contributed by atoms with Gasteiger partial charge < -0.3 is 38.4 Å². The number of rotatable bonds is 23. The van der Waals surface area contributed by atoms with Crippen LogP contribution in [0, 0.1) is 32.1 Å². The number of aliphatic carboxylic acids is 1. The lowest BCUT2D eigenvalue weighted by molar-refractivity contribution is -0.130. The summed E-state index contributed by atoms with van der Waals surface area (Å²) in [5.41, 5.74) is 5.10. The lowest BCUT2D eigenvalue weighted by Gasteiger charge is -2.36. The summed E-state index contributed by atoms with van der Waals surface area (Å²) in [6, 6.07) is 14.1. The largest absolute Gasteiger partial charge is 0.492 e. The molecule has 0 amide bonds. The first-order chi connectivity index (χ1) is 26.4. The lowest BCUT2D eigenvalue weighted by Crippen LogP contribution is -2.40. The number of ketones is 1. The van der Waals surface area contributed by atoms with Crippen molar-refractivity contribution in [3.8, 4) is 0 Å². The number of carbonyl (C=O) groups is 2. The van der Waals surface area contributed by atoms with Gasteiger partial charge in [0.05, 0.1) is 58.5 Å². The highest BCUT2D eigenvalue weighted by Gasteiger charge is 2.33. The number of carboxylic acids is 1. The number of carbonyl (C=O) groups excluding carboxylic acids is 1. The van der Waals surface area contributed by atoms with Crippen LogP contribution in [0.3, 0.4) is 0 Å². The maximum atomic E-state index is 13.0. The molecule has 2 aromatic rings. The van der Waals surface area contributed by atoms with E-state index >= 15 is 0 Å². The van der Waals surface area contributed by atoms with Gasteiger partial charge in [-0.25, -0.2) is 4.79 Å². The second-order valence-corrected chi connectivity index (χ2v) is 16.4. The van der Waals surface area contributed by atoms with Crippen molar-refractivity contribution in [2.75, 3.05) is 72.5 Å². The van der Waals surface area contributed by atoms with Gasteiger partial charge in [0.15, 0.2) is 5.78 Å². The molecule has 10 nitrogen and oxygen atoms in total. The zero-order valence-electron chi connectivity index (χ0n) is 34.4. The van der Waals surface area contributed by atoms with Crippen LogP contribution in [-0.4, -0.2) is 106 Å². The summed E-state index contributed by atoms with van der Waals surface area (Å²) in [5, 5.41) is 10.6. The van der Waals surface area contributed by atoms with Gasteiger partial charge in [0.25, 0.3) is 0 Å². The van der Waals surface area contributed by atoms with E-state index in [4.69, 9.17) is 28.4 Å². The molecule has 2 aliphatic rings. The summed E-state index contributed by atoms with van der Waals surface area (Å²) in [6.45, 7) is 19.1. The second-order valence-electron chi connectivity index (χ2n) is 16.4. The topological polar surface area (TPSA) is 113 Å². The number of benzene rings is 2. The minimum absolute atomic E-state index is 0.0155. The fourth-order valence-corrected chi connectivity index (χ4v) is 7.72. The van der Waals surface area contributed by atoms with Gasteiger partial charge in [0, 0.05) is 32.0 Å². The molecule has 0 bridgehead atoms. The summed E-state index contributed by atoms with van der Waals surface area (Å²) >= 11 is 0. The standard InChI is InChI=1S/C45H67NO9/c1-33-28-34(2)41(35(3)29-33)42(44(48)49)43(54-31-36-10-8-7-9-11-36)37-12-14-39(15-13-37)55-40-16-18-46(19-17-40)20-21-50-22-23-51-24-25-52-26-27-53-32-38(47)30-45(4,5)6/h7-11,28-29,37,39-40H,12-27,30-32H2,1-6H3,(H,48,49)/b43-42+. The Morgan fingerprint density at radius 1 is 0.745 bits per heavy atom. The predicted molar refractivity (Wildman–Crippen MR) is 215 cm³/mol. The van der Waals surface area contributed by atoms with Gasteiger partial charge in [0.2, 0.25) is 0 Å². The Balaban J connectivity index is 1.11. The zero-order valence-corrected chi connectivity index (χ0v) is 34.4. The third kappa shape index (κ3) is 16.1. The van der Waals surface area contributed by atoms with E-state index in [9.17, 15) is 14.7 Å². The van der Waals surface area contributed by atoms with Gasteiger partial charge >= 0.3 is 5.97 Å². The normalized spacial score (nSPS) is 18.9. The number of carboxylic acid groups (broad SMARTS) is 1. The quantitative estimate of drug-likeness (QED) is 0.0685. The number of piperidine rings is 1. The molecule has 1 heterocycles. The molecule has 1 saturated heterocycles. The lowest BCUT2D eigenvalue weighted by atomic mass is 9.82. The molecule has 306 valence electrons. The van der Waals surface area contributed by atoms with Crippen LogP contribution in [0.15, 0.2) is 48.2 Å². The van der Waals surface area contributed by atoms with Crippen molar-refractivity contribution in [2.24, 2.45) is 11.3 Å². The Morgan fingerprint density at radius 2 is 1.29 bits per heavy atom. The van der Waals surface area contributed by atoms with Gasteiger partial charge in [-0.2, -0.15) is 0 Å². The van der Waals surface area contributed by atoms with Crippen molar-refractivity contribution >= 4 is 17.3 Å². The Kier molecular flexibility index (Phi) is 18.8. The van der Waals surface area contributed by atoms with Crippen LogP contribution in [-0.2, 0) is 44.6 Å². The molecule has 1 saturated carbocycles. The molecule has 2 fully saturated rings. The highest BCUT2D eigenvalue weighted by atomic mass is 16.6. The average Bonchev–Trinajstić information content (AvgIpc) is 3.13. The van der Waals surface area contributed by atoms with Crippen molar-refractivity contribution in [3.05, 3.63) is 76.0 Å². The van der Waals surface area contributed by atoms with Gasteiger partial charge in [-0.1, -0.05) is 68.8 Å². The molecule has 1 N–H and O–H groups in total. The monoisotopic (exact) mass is 765 g/mol. The molecule has 1 aliphatic carbocycles. The molecule has 1 aliphatic heterocycles. The molecular formula is C45H67NO9. The molecule has 0 radical (unpaired) electrons. The fraction of sp³-hybridized carbons (Fsp3) is 0.644. The number of nitrogens with zero attached hydrogens (tertiary/aromatic N) is 1. The van der Waals surface area contributed by atoms with Crippen LogP contribution in [0.2, 0.25) is 0 Å². The number of allylic oxidation sites excluding steroid dienone is 1. The summed E-state index contributed by atoms with van der Waals surface area (Å²) in [7, 11) is 0. The maximum Gasteiger partial charge on any atom is 0.339 e. The molecule has 0 spiro atoms. The minimum Gasteiger partial charge on any atom is -0.492 e. The molecule has 10 heteroatoms. The van der Waals surface area contributed by atoms with Crippen molar-refractivity contribution in [3.63, 3.8) is 0 Å². The molecular weight excluding hydrogens is 698 g/mol. The van der Waals surface area contributed by atoms with Crippen LogP contribution in [0.5, 0.6) is 0 Å². The van der Waals surface area contributed by atoms with E-state index in [1.165, 1.54) is 0 Å².